The Kier molecular flexibility index (Phi) is 3.30. The Morgan fingerprint density at radius 1 is 1.64 bits per heavy atom. The van der Waals surface area contributed by atoms with Gasteiger partial charge < -0.3 is 14.9 Å². The highest BCUT2D eigenvalue weighted by Crippen LogP contribution is 2.20. The van der Waals surface area contributed by atoms with Crippen LogP contribution in [0.3, 0.4) is 0 Å². The van der Waals surface area contributed by atoms with Gasteiger partial charge in [0.1, 0.15) is 11.5 Å². The second-order valence-electron chi connectivity index (χ2n) is 3.27. The van der Waals surface area contributed by atoms with E-state index < -0.39 is 6.04 Å². The van der Waals surface area contributed by atoms with Gasteiger partial charge >= 0.3 is 5.97 Å². The average molecular weight is 197 g/mol. The molecule has 4 nitrogen and oxygen atoms in total. The van der Waals surface area contributed by atoms with Gasteiger partial charge in [-0.3, -0.25) is 4.79 Å². The first-order valence-electron chi connectivity index (χ1n) is 4.44. The minimum Gasteiger partial charge on any atom is -0.469 e. The van der Waals surface area contributed by atoms with E-state index in [2.05, 4.69) is 4.74 Å². The topological polar surface area (TPSA) is 65.5 Å². The van der Waals surface area contributed by atoms with Crippen LogP contribution < -0.4 is 5.73 Å². The molecule has 1 rings (SSSR count). The Bertz CT molecular complexity index is 311. The fraction of sp³-hybridized carbons (Fsp3) is 0.500. The first kappa shape index (κ1) is 10.8. The Balaban J connectivity index is 2.69. The van der Waals surface area contributed by atoms with Gasteiger partial charge in [-0.15, -0.1) is 0 Å². The molecule has 1 heterocycles. The number of hydrogen-bond acceptors (Lipinski definition) is 4. The molecule has 0 saturated carbocycles. The van der Waals surface area contributed by atoms with Crippen LogP contribution in [-0.4, -0.2) is 13.1 Å². The van der Waals surface area contributed by atoms with Gasteiger partial charge in [0.05, 0.1) is 19.6 Å². The highest BCUT2D eigenvalue weighted by Gasteiger charge is 2.16. The SMILES string of the molecule is COC(=O)C[C@@H](N)c1cc(C)c(C)o1. The second-order valence-corrected chi connectivity index (χ2v) is 3.27. The Morgan fingerprint density at radius 3 is 2.71 bits per heavy atom. The molecule has 0 aromatic carbocycles. The normalized spacial score (nSPS) is 12.6. The number of nitrogens with two attached hydrogens (primary N) is 1. The van der Waals surface area contributed by atoms with Crippen molar-refractivity contribution in [2.24, 2.45) is 5.73 Å². The molecule has 0 aliphatic heterocycles. The summed E-state index contributed by atoms with van der Waals surface area (Å²) in [4.78, 5) is 10.9. The first-order chi connectivity index (χ1) is 6.54. The lowest BCUT2D eigenvalue weighted by molar-refractivity contribution is -0.141. The molecule has 1 aromatic heterocycles. The first-order valence-corrected chi connectivity index (χ1v) is 4.44. The molecule has 14 heavy (non-hydrogen) atoms. The fourth-order valence-corrected chi connectivity index (χ4v) is 1.15. The van der Waals surface area contributed by atoms with Gasteiger partial charge in [0.2, 0.25) is 0 Å². The Labute approximate surface area is 83.0 Å². The summed E-state index contributed by atoms with van der Waals surface area (Å²) in [5, 5.41) is 0. The summed E-state index contributed by atoms with van der Waals surface area (Å²) in [6, 6.07) is 1.43. The Morgan fingerprint density at radius 2 is 2.29 bits per heavy atom. The van der Waals surface area contributed by atoms with Gasteiger partial charge in [-0.2, -0.15) is 0 Å². The summed E-state index contributed by atoms with van der Waals surface area (Å²) in [6.07, 6.45) is 0.142. The molecule has 0 spiro atoms. The molecule has 0 fully saturated rings. The monoisotopic (exact) mass is 197 g/mol. The number of carbonyl (C=O) groups is 1. The summed E-state index contributed by atoms with van der Waals surface area (Å²) in [7, 11) is 1.34. The van der Waals surface area contributed by atoms with Crippen LogP contribution in [0.5, 0.6) is 0 Å². The van der Waals surface area contributed by atoms with Gasteiger partial charge in [0, 0.05) is 0 Å². The predicted molar refractivity (Wildman–Crippen MR) is 51.7 cm³/mol. The zero-order valence-electron chi connectivity index (χ0n) is 8.66. The van der Waals surface area contributed by atoms with Crippen molar-refractivity contribution >= 4 is 5.97 Å². The number of esters is 1. The molecular weight excluding hydrogens is 182 g/mol. The molecule has 0 radical (unpaired) electrons. The lowest BCUT2D eigenvalue weighted by Gasteiger charge is -2.06. The van der Waals surface area contributed by atoms with Gasteiger partial charge in [-0.1, -0.05) is 0 Å². The number of furan rings is 1. The van der Waals surface area contributed by atoms with Gasteiger partial charge in [0.25, 0.3) is 0 Å². The molecule has 0 unspecified atom stereocenters. The van der Waals surface area contributed by atoms with Crippen LogP contribution >= 0.6 is 0 Å². The van der Waals surface area contributed by atoms with Crippen molar-refractivity contribution < 1.29 is 13.9 Å². The van der Waals surface area contributed by atoms with Crippen molar-refractivity contribution in [2.75, 3.05) is 7.11 Å². The zero-order chi connectivity index (χ0) is 10.7. The smallest absolute Gasteiger partial charge is 0.307 e. The van der Waals surface area contributed by atoms with E-state index in [0.717, 1.165) is 11.3 Å². The highest BCUT2D eigenvalue weighted by atomic mass is 16.5. The van der Waals surface area contributed by atoms with E-state index in [1.165, 1.54) is 7.11 Å². The van der Waals surface area contributed by atoms with Crippen LogP contribution in [0.1, 0.15) is 29.5 Å². The maximum absolute atomic E-state index is 10.9. The van der Waals surface area contributed by atoms with Gasteiger partial charge in [0.15, 0.2) is 0 Å². The number of carbonyl (C=O) groups excluding carboxylic acids is 1. The van der Waals surface area contributed by atoms with E-state index in [0.29, 0.717) is 5.76 Å². The van der Waals surface area contributed by atoms with Crippen LogP contribution in [-0.2, 0) is 9.53 Å². The third-order valence-corrected chi connectivity index (χ3v) is 2.16. The van der Waals surface area contributed by atoms with Crippen molar-refractivity contribution in [2.45, 2.75) is 26.3 Å². The molecule has 0 aliphatic carbocycles. The number of ether oxygens (including phenoxy) is 1. The largest absolute Gasteiger partial charge is 0.469 e. The number of aryl methyl sites for hydroxylation is 2. The van der Waals surface area contributed by atoms with Crippen LogP contribution in [0.4, 0.5) is 0 Å². The lowest BCUT2D eigenvalue weighted by Crippen LogP contribution is -2.15. The van der Waals surface area contributed by atoms with Gasteiger partial charge in [-0.05, 0) is 25.5 Å². The summed E-state index contributed by atoms with van der Waals surface area (Å²) >= 11 is 0. The van der Waals surface area contributed by atoms with Gasteiger partial charge in [-0.25, -0.2) is 0 Å². The van der Waals surface area contributed by atoms with E-state index in [1.807, 2.05) is 19.9 Å². The van der Waals surface area contributed by atoms with Crippen LogP contribution in [0.25, 0.3) is 0 Å². The van der Waals surface area contributed by atoms with Crippen molar-refractivity contribution in [1.82, 2.24) is 0 Å². The minimum atomic E-state index is -0.421. The van der Waals surface area contributed by atoms with Crippen molar-refractivity contribution in [3.8, 4) is 0 Å². The molecule has 0 bridgehead atoms. The van der Waals surface area contributed by atoms with Crippen molar-refractivity contribution in [1.29, 1.82) is 0 Å². The third kappa shape index (κ3) is 2.35. The minimum absolute atomic E-state index is 0.142. The molecular formula is C10H15NO3. The highest BCUT2D eigenvalue weighted by molar-refractivity contribution is 5.70. The Hall–Kier alpha value is -1.29. The predicted octanol–water partition coefficient (Wildman–Crippen LogP) is 1.46. The second kappa shape index (κ2) is 4.28. The summed E-state index contributed by atoms with van der Waals surface area (Å²) < 4.78 is 9.91. The molecule has 1 aromatic rings. The number of hydrogen-bond donors (Lipinski definition) is 1. The maximum atomic E-state index is 10.9. The van der Waals surface area contributed by atoms with Crippen molar-refractivity contribution in [3.63, 3.8) is 0 Å². The van der Waals surface area contributed by atoms with E-state index in [1.54, 1.807) is 0 Å². The van der Waals surface area contributed by atoms with Crippen LogP contribution in [0, 0.1) is 13.8 Å². The van der Waals surface area contributed by atoms with E-state index >= 15 is 0 Å². The molecule has 4 heteroatoms. The third-order valence-electron chi connectivity index (χ3n) is 2.16. The quantitative estimate of drug-likeness (QED) is 0.745. The maximum Gasteiger partial charge on any atom is 0.307 e. The number of rotatable bonds is 3. The number of methoxy groups -OCH3 is 1. The molecule has 0 saturated heterocycles. The molecule has 78 valence electrons. The van der Waals surface area contributed by atoms with E-state index in [9.17, 15) is 4.79 Å². The standard InChI is InChI=1S/C10H15NO3/c1-6-4-9(14-7(6)2)8(11)5-10(12)13-3/h4,8H,5,11H2,1-3H3/t8-/m1/s1. The fourth-order valence-electron chi connectivity index (χ4n) is 1.15. The molecule has 2 N–H and O–H groups in total. The van der Waals surface area contributed by atoms with E-state index in [-0.39, 0.29) is 12.4 Å². The molecule has 0 aliphatic rings. The average Bonchev–Trinajstić information content (AvgIpc) is 2.47. The van der Waals surface area contributed by atoms with E-state index in [4.69, 9.17) is 10.2 Å². The summed E-state index contributed by atoms with van der Waals surface area (Å²) in [6.45, 7) is 3.80. The molecule has 0 amide bonds. The van der Waals surface area contributed by atoms with Crippen LogP contribution in [0.15, 0.2) is 10.5 Å². The lowest BCUT2D eigenvalue weighted by atomic mass is 10.1. The zero-order valence-corrected chi connectivity index (χ0v) is 8.66. The van der Waals surface area contributed by atoms with Crippen LogP contribution in [0.2, 0.25) is 0 Å². The van der Waals surface area contributed by atoms with Crippen molar-refractivity contribution in [3.05, 3.63) is 23.2 Å². The molecule has 1 atom stereocenters. The summed E-state index contributed by atoms with van der Waals surface area (Å²) in [5.41, 5.74) is 6.80. The summed E-state index contributed by atoms with van der Waals surface area (Å²) in [5.74, 6) is 1.13.